The molecule has 0 aliphatic heterocycles. The lowest BCUT2D eigenvalue weighted by Crippen LogP contribution is -2.57. The van der Waals surface area contributed by atoms with Crippen LogP contribution in [0, 0.1) is 0 Å². The summed E-state index contributed by atoms with van der Waals surface area (Å²) >= 11 is 0. The van der Waals surface area contributed by atoms with Crippen LogP contribution in [0.15, 0.2) is 24.3 Å². The van der Waals surface area contributed by atoms with Crippen LogP contribution in [0.25, 0.3) is 11.0 Å². The summed E-state index contributed by atoms with van der Waals surface area (Å²) in [6.07, 6.45) is 0.249. The van der Waals surface area contributed by atoms with E-state index in [-0.39, 0.29) is 31.3 Å². The summed E-state index contributed by atoms with van der Waals surface area (Å²) in [5.41, 5.74) is 2.42. The Morgan fingerprint density at radius 3 is 2.35 bits per heavy atom. The molecule has 0 aliphatic rings. The summed E-state index contributed by atoms with van der Waals surface area (Å²) in [7, 11) is 3.90. The minimum absolute atomic E-state index is 0.119. The molecule has 141 valence electrons. The number of aromatic nitrogens is 2. The van der Waals surface area contributed by atoms with Crippen LogP contribution < -0.4 is 10.3 Å². The normalized spacial score (nSPS) is 11.8. The average molecular weight is 359 g/mol. The molecule has 7 heteroatoms. The van der Waals surface area contributed by atoms with Crippen molar-refractivity contribution in [3.63, 3.8) is 0 Å². The maximum atomic E-state index is 12.4. The van der Waals surface area contributed by atoms with Gasteiger partial charge in [0.2, 0.25) is 0 Å². The van der Waals surface area contributed by atoms with Crippen molar-refractivity contribution in [1.82, 2.24) is 4.57 Å². The van der Waals surface area contributed by atoms with Crippen molar-refractivity contribution in [3.05, 3.63) is 24.3 Å². The third-order valence-electron chi connectivity index (χ3n) is 4.21. The van der Waals surface area contributed by atoms with E-state index in [9.17, 15) is 9.59 Å². The number of ether oxygens (including phenoxy) is 2. The Kier molecular flexibility index (Phi) is 6.11. The van der Waals surface area contributed by atoms with Gasteiger partial charge in [0.25, 0.3) is 11.9 Å². The van der Waals surface area contributed by atoms with Gasteiger partial charge in [-0.2, -0.15) is 0 Å². The first kappa shape index (κ1) is 20.0. The number of para-hydroxylation sites is 2. The first-order chi connectivity index (χ1) is 12.1. The molecule has 0 saturated heterocycles. The molecule has 0 fully saturated rings. The molecule has 1 radical (unpaired) electrons. The second kappa shape index (κ2) is 7.93. The largest absolute Gasteiger partial charge is 0.468 e. The van der Waals surface area contributed by atoms with Crippen LogP contribution in [0.5, 0.6) is 0 Å². The zero-order chi connectivity index (χ0) is 19.5. The van der Waals surface area contributed by atoms with E-state index in [4.69, 9.17) is 9.47 Å². The third kappa shape index (κ3) is 4.65. The van der Waals surface area contributed by atoms with E-state index < -0.39 is 5.60 Å². The fraction of sp³-hybridized carbons (Fsp3) is 0.526. The number of rotatable bonds is 6. The lowest BCUT2D eigenvalue weighted by molar-refractivity contribution is -0.627. The smallest absolute Gasteiger partial charge is 0.268 e. The Morgan fingerprint density at radius 2 is 1.77 bits per heavy atom. The number of carbonyl (C=O) groups is 2. The van der Waals surface area contributed by atoms with Crippen molar-refractivity contribution >= 4 is 35.4 Å². The highest BCUT2D eigenvalue weighted by Crippen LogP contribution is 2.14. The number of esters is 2. The molecule has 0 saturated carbocycles. The van der Waals surface area contributed by atoms with Gasteiger partial charge in [-0.3, -0.25) is 18.7 Å². The molecule has 6 nitrogen and oxygen atoms in total. The topological polar surface area (TPSA) is 61.4 Å². The highest BCUT2D eigenvalue weighted by Gasteiger charge is 2.25. The van der Waals surface area contributed by atoms with Crippen LogP contribution in [-0.2, 0) is 33.2 Å². The van der Waals surface area contributed by atoms with Gasteiger partial charge in [0.15, 0.2) is 11.0 Å². The van der Waals surface area contributed by atoms with Crippen LogP contribution in [0.2, 0.25) is 12.6 Å². The molecule has 2 aromatic rings. The quantitative estimate of drug-likeness (QED) is 0.447. The van der Waals surface area contributed by atoms with Crippen molar-refractivity contribution in [3.8, 4) is 0 Å². The van der Waals surface area contributed by atoms with Crippen LogP contribution in [0.4, 0.5) is 0 Å². The average Bonchev–Trinajstić information content (AvgIpc) is 2.77. The van der Waals surface area contributed by atoms with Gasteiger partial charge in [0.1, 0.15) is 5.60 Å². The summed E-state index contributed by atoms with van der Waals surface area (Å²) in [6, 6.07) is 7.99. The first-order valence-electron chi connectivity index (χ1n) is 8.94. The highest BCUT2D eigenvalue weighted by molar-refractivity contribution is 6.76. The van der Waals surface area contributed by atoms with Crippen LogP contribution in [0.1, 0.15) is 27.7 Å². The van der Waals surface area contributed by atoms with E-state index in [1.165, 1.54) is 0 Å². The first-order valence-corrected chi connectivity index (χ1v) is 8.94. The van der Waals surface area contributed by atoms with Gasteiger partial charge >= 0.3 is 0 Å². The standard InChI is InChI=1S/C19H28BN2O4/c1-7-25-16(23)12-20(13-17(24)26-19(2,3)4)18-21(5)14-10-8-9-11-15(14)22(18)6/h8-11H,7,12-13H2,1-6H3. The van der Waals surface area contributed by atoms with Gasteiger partial charge in [0, 0.05) is 12.4 Å². The molecule has 0 atom stereocenters. The lowest BCUT2D eigenvalue weighted by atomic mass is 9.44. The van der Waals surface area contributed by atoms with E-state index in [2.05, 4.69) is 0 Å². The number of fused-ring (bicyclic) bond motifs is 1. The number of hydrogen-bond donors (Lipinski definition) is 0. The minimum Gasteiger partial charge on any atom is -0.468 e. The summed E-state index contributed by atoms with van der Waals surface area (Å²) in [5.74, 6) is -0.636. The number of hydrogen-bond acceptors (Lipinski definition) is 4. The maximum Gasteiger partial charge on any atom is 0.268 e. The number of imidazole rings is 1. The van der Waals surface area contributed by atoms with Gasteiger partial charge in [-0.15, -0.1) is 0 Å². The molecular formula is C19H28BN2O4. The molecule has 0 amide bonds. The Balaban J connectivity index is 2.40. The molecule has 0 bridgehead atoms. The van der Waals surface area contributed by atoms with Gasteiger partial charge in [-0.05, 0) is 39.8 Å². The number of carbonyl (C=O) groups excluding carboxylic acids is 2. The molecule has 1 heterocycles. The monoisotopic (exact) mass is 359 g/mol. The summed E-state index contributed by atoms with van der Waals surface area (Å²) in [6.45, 7) is 7.27. The summed E-state index contributed by atoms with van der Waals surface area (Å²) in [5, 5.41) is 0. The van der Waals surface area contributed by atoms with E-state index in [1.54, 1.807) is 6.92 Å². The van der Waals surface area contributed by atoms with Gasteiger partial charge < -0.3 is 9.47 Å². The number of benzene rings is 1. The van der Waals surface area contributed by atoms with E-state index in [0.29, 0.717) is 6.61 Å². The predicted octanol–water partition coefficient (Wildman–Crippen LogP) is 1.61. The molecule has 0 unspecified atom stereocenters. The Labute approximate surface area is 155 Å². The Hall–Kier alpha value is -2.31. The fourth-order valence-corrected chi connectivity index (χ4v) is 3.31. The molecule has 26 heavy (non-hydrogen) atoms. The molecule has 0 spiro atoms. The van der Waals surface area contributed by atoms with Crippen molar-refractivity contribution in [2.24, 2.45) is 14.1 Å². The van der Waals surface area contributed by atoms with E-state index in [0.717, 1.165) is 16.8 Å². The van der Waals surface area contributed by atoms with Crippen LogP contribution in [-0.4, -0.2) is 35.4 Å². The minimum atomic E-state index is -0.563. The molecular weight excluding hydrogens is 331 g/mol. The van der Waals surface area contributed by atoms with E-state index in [1.807, 2.05) is 68.3 Å². The van der Waals surface area contributed by atoms with Crippen molar-refractivity contribution < 1.29 is 23.6 Å². The zero-order valence-electron chi connectivity index (χ0n) is 16.5. The van der Waals surface area contributed by atoms with E-state index >= 15 is 0 Å². The molecule has 1 aromatic heterocycles. The van der Waals surface area contributed by atoms with Crippen LogP contribution >= 0.6 is 0 Å². The van der Waals surface area contributed by atoms with Crippen molar-refractivity contribution in [2.45, 2.75) is 45.9 Å². The lowest BCUT2D eigenvalue weighted by Gasteiger charge is -2.25. The molecule has 0 N–H and O–H groups in total. The maximum absolute atomic E-state index is 12.4. The molecule has 2 rings (SSSR count). The SMILES string of the molecule is CCOC(=O)C[B-](CC(=O)OC(C)(C)C)c1n(C)c2ccccc2[n+]1C. The zero-order valence-corrected chi connectivity index (χ0v) is 16.5. The van der Waals surface area contributed by atoms with Gasteiger partial charge in [-0.25, -0.2) is 0 Å². The third-order valence-corrected chi connectivity index (χ3v) is 4.21. The number of nitrogens with zero attached hydrogens (tertiary/aromatic N) is 2. The highest BCUT2D eigenvalue weighted by atomic mass is 16.6. The second-order valence-corrected chi connectivity index (χ2v) is 7.46. The van der Waals surface area contributed by atoms with Crippen molar-refractivity contribution in [2.75, 3.05) is 6.61 Å². The summed E-state index contributed by atoms with van der Waals surface area (Å²) in [4.78, 5) is 24.6. The summed E-state index contributed by atoms with van der Waals surface area (Å²) < 4.78 is 14.7. The predicted molar refractivity (Wildman–Crippen MR) is 102 cm³/mol. The van der Waals surface area contributed by atoms with Crippen LogP contribution in [0.3, 0.4) is 0 Å². The molecule has 0 aliphatic carbocycles. The second-order valence-electron chi connectivity index (χ2n) is 7.46. The Morgan fingerprint density at radius 1 is 1.15 bits per heavy atom. The Bertz CT molecular complexity index is 769. The van der Waals surface area contributed by atoms with Crippen molar-refractivity contribution in [1.29, 1.82) is 0 Å². The fourth-order valence-electron chi connectivity index (χ4n) is 3.31. The van der Waals surface area contributed by atoms with Gasteiger partial charge in [0.05, 0.1) is 20.7 Å². The number of aryl methyl sites for hydroxylation is 2. The van der Waals surface area contributed by atoms with Gasteiger partial charge in [-0.1, -0.05) is 24.8 Å². The molecule has 1 aromatic carbocycles.